The van der Waals surface area contributed by atoms with E-state index in [4.69, 9.17) is 4.74 Å². The lowest BCUT2D eigenvalue weighted by molar-refractivity contribution is -0.131. The first-order chi connectivity index (χ1) is 8.24. The Balaban J connectivity index is 0.00000120. The van der Waals surface area contributed by atoms with Crippen molar-refractivity contribution in [2.75, 3.05) is 18.0 Å². The molecule has 0 atom stereocenters. The van der Waals surface area contributed by atoms with Crippen molar-refractivity contribution >= 4 is 28.6 Å². The smallest absolute Gasteiger partial charge is 0.308 e. The third kappa shape index (κ3) is 2.39. The maximum absolute atomic E-state index is 11.0. The predicted molar refractivity (Wildman–Crippen MR) is 76.9 cm³/mol. The van der Waals surface area contributed by atoms with Gasteiger partial charge in [0.05, 0.1) is 0 Å². The van der Waals surface area contributed by atoms with Crippen LogP contribution >= 0.6 is 17.0 Å². The number of benzene rings is 1. The molecule has 18 heavy (non-hydrogen) atoms. The first kappa shape index (κ1) is 13.4. The standard InChI is InChI=1S/C14H17NO2.BrH/c1-10(16)17-13-8-11-4-2-6-15-7-3-5-12(9-13)14(11)15;/h8-9H,2-7H2,1H3;1H. The molecule has 2 aliphatic rings. The van der Waals surface area contributed by atoms with E-state index in [-0.39, 0.29) is 23.0 Å². The van der Waals surface area contributed by atoms with Crippen molar-refractivity contribution in [1.82, 2.24) is 0 Å². The highest BCUT2D eigenvalue weighted by Gasteiger charge is 2.24. The van der Waals surface area contributed by atoms with E-state index < -0.39 is 0 Å². The molecular formula is C14H18BrNO2. The summed E-state index contributed by atoms with van der Waals surface area (Å²) in [5, 5.41) is 0. The minimum Gasteiger partial charge on any atom is -0.427 e. The topological polar surface area (TPSA) is 29.5 Å². The Morgan fingerprint density at radius 2 is 1.72 bits per heavy atom. The van der Waals surface area contributed by atoms with Crippen LogP contribution in [0.15, 0.2) is 12.1 Å². The van der Waals surface area contributed by atoms with E-state index in [1.165, 1.54) is 49.7 Å². The van der Waals surface area contributed by atoms with E-state index in [1.54, 1.807) is 0 Å². The van der Waals surface area contributed by atoms with Gasteiger partial charge in [-0.05, 0) is 48.9 Å². The summed E-state index contributed by atoms with van der Waals surface area (Å²) in [5.41, 5.74) is 4.12. The molecule has 0 radical (unpaired) electrons. The molecule has 0 bridgehead atoms. The summed E-state index contributed by atoms with van der Waals surface area (Å²) in [6.45, 7) is 3.80. The van der Waals surface area contributed by atoms with Gasteiger partial charge in [-0.2, -0.15) is 0 Å². The van der Waals surface area contributed by atoms with Crippen LogP contribution in [0.2, 0.25) is 0 Å². The van der Waals surface area contributed by atoms with Crippen molar-refractivity contribution in [3.8, 4) is 5.75 Å². The van der Waals surface area contributed by atoms with Gasteiger partial charge in [-0.25, -0.2) is 0 Å². The van der Waals surface area contributed by atoms with E-state index >= 15 is 0 Å². The van der Waals surface area contributed by atoms with Crippen molar-refractivity contribution < 1.29 is 9.53 Å². The summed E-state index contributed by atoms with van der Waals surface area (Å²) < 4.78 is 5.22. The number of esters is 1. The fourth-order valence-corrected chi connectivity index (χ4v) is 3.00. The summed E-state index contributed by atoms with van der Waals surface area (Å²) in [4.78, 5) is 13.5. The Bertz CT molecular complexity index is 442. The van der Waals surface area contributed by atoms with E-state index in [9.17, 15) is 4.79 Å². The van der Waals surface area contributed by atoms with Gasteiger partial charge in [0.25, 0.3) is 0 Å². The summed E-state index contributed by atoms with van der Waals surface area (Å²) in [7, 11) is 0. The maximum Gasteiger partial charge on any atom is 0.308 e. The Labute approximate surface area is 118 Å². The van der Waals surface area contributed by atoms with Gasteiger partial charge in [-0.3, -0.25) is 4.79 Å². The number of carbonyl (C=O) groups excluding carboxylic acids is 1. The summed E-state index contributed by atoms with van der Waals surface area (Å²) >= 11 is 0. The highest BCUT2D eigenvalue weighted by atomic mass is 79.9. The number of halogens is 1. The van der Waals surface area contributed by atoms with Gasteiger partial charge in [0.15, 0.2) is 0 Å². The second-order valence-corrected chi connectivity index (χ2v) is 4.88. The molecule has 98 valence electrons. The fraction of sp³-hybridized carbons (Fsp3) is 0.500. The van der Waals surface area contributed by atoms with Gasteiger partial charge in [-0.15, -0.1) is 17.0 Å². The normalized spacial score (nSPS) is 16.6. The molecule has 0 unspecified atom stereocenters. The van der Waals surface area contributed by atoms with Crippen molar-refractivity contribution in [2.45, 2.75) is 32.6 Å². The summed E-state index contributed by atoms with van der Waals surface area (Å²) in [6.07, 6.45) is 4.62. The van der Waals surface area contributed by atoms with Crippen LogP contribution in [0.3, 0.4) is 0 Å². The van der Waals surface area contributed by atoms with E-state index in [0.29, 0.717) is 0 Å². The molecule has 0 aliphatic carbocycles. The fourth-order valence-electron chi connectivity index (χ4n) is 3.00. The zero-order chi connectivity index (χ0) is 11.8. The number of nitrogens with zero attached hydrogens (tertiary/aromatic N) is 1. The zero-order valence-corrected chi connectivity index (χ0v) is 12.3. The molecule has 2 aliphatic heterocycles. The molecule has 1 aromatic carbocycles. The number of aryl methyl sites for hydroxylation is 2. The molecule has 3 rings (SSSR count). The third-order valence-corrected chi connectivity index (χ3v) is 3.57. The number of anilines is 1. The summed E-state index contributed by atoms with van der Waals surface area (Å²) in [5.74, 6) is 0.482. The van der Waals surface area contributed by atoms with Crippen molar-refractivity contribution in [2.24, 2.45) is 0 Å². The predicted octanol–water partition coefficient (Wildman–Crippen LogP) is 2.89. The van der Waals surface area contributed by atoms with Gasteiger partial charge >= 0.3 is 5.97 Å². The summed E-state index contributed by atoms with van der Waals surface area (Å²) in [6, 6.07) is 4.08. The molecule has 2 heterocycles. The van der Waals surface area contributed by atoms with Crippen LogP contribution in [0.5, 0.6) is 5.75 Å². The van der Waals surface area contributed by atoms with Crippen LogP contribution in [0.4, 0.5) is 5.69 Å². The lowest BCUT2D eigenvalue weighted by Gasteiger charge is -2.37. The van der Waals surface area contributed by atoms with Gasteiger partial charge in [-0.1, -0.05) is 0 Å². The average Bonchev–Trinajstić information content (AvgIpc) is 2.28. The quantitative estimate of drug-likeness (QED) is 0.590. The molecule has 1 aromatic rings. The van der Waals surface area contributed by atoms with Gasteiger partial charge in [0.2, 0.25) is 0 Å². The number of ether oxygens (including phenoxy) is 1. The van der Waals surface area contributed by atoms with Crippen molar-refractivity contribution in [1.29, 1.82) is 0 Å². The highest BCUT2D eigenvalue weighted by molar-refractivity contribution is 8.93. The van der Waals surface area contributed by atoms with Crippen LogP contribution in [0.1, 0.15) is 30.9 Å². The van der Waals surface area contributed by atoms with Crippen LogP contribution in [-0.2, 0) is 17.6 Å². The average molecular weight is 312 g/mol. The Morgan fingerprint density at radius 1 is 1.17 bits per heavy atom. The maximum atomic E-state index is 11.0. The largest absolute Gasteiger partial charge is 0.427 e. The van der Waals surface area contributed by atoms with Crippen molar-refractivity contribution in [3.63, 3.8) is 0 Å². The molecule has 0 amide bonds. The van der Waals surface area contributed by atoms with E-state index in [2.05, 4.69) is 4.90 Å². The van der Waals surface area contributed by atoms with Gasteiger partial charge in [0, 0.05) is 25.7 Å². The number of hydrogen-bond donors (Lipinski definition) is 0. The Morgan fingerprint density at radius 3 is 2.22 bits per heavy atom. The van der Waals surface area contributed by atoms with Crippen LogP contribution < -0.4 is 9.64 Å². The minimum absolute atomic E-state index is 0. The number of carbonyl (C=O) groups is 1. The number of hydrogen-bond acceptors (Lipinski definition) is 3. The SMILES string of the molecule is Br.CC(=O)Oc1cc2c3c(c1)CCCN3CCC2. The minimum atomic E-state index is -0.236. The molecule has 0 N–H and O–H groups in total. The van der Waals surface area contributed by atoms with Crippen molar-refractivity contribution in [3.05, 3.63) is 23.3 Å². The van der Waals surface area contributed by atoms with Crippen LogP contribution in [0, 0.1) is 0 Å². The first-order valence-electron chi connectivity index (χ1n) is 6.33. The van der Waals surface area contributed by atoms with E-state index in [0.717, 1.165) is 18.6 Å². The third-order valence-electron chi connectivity index (χ3n) is 3.57. The van der Waals surface area contributed by atoms with Gasteiger partial charge < -0.3 is 9.64 Å². The molecular weight excluding hydrogens is 294 g/mol. The lowest BCUT2D eigenvalue weighted by Crippen LogP contribution is -2.34. The molecule has 0 fully saturated rings. The Hall–Kier alpha value is -1.03. The Kier molecular flexibility index (Phi) is 3.95. The monoisotopic (exact) mass is 311 g/mol. The second-order valence-electron chi connectivity index (χ2n) is 4.88. The number of rotatable bonds is 1. The molecule has 0 aromatic heterocycles. The zero-order valence-electron chi connectivity index (χ0n) is 10.6. The van der Waals surface area contributed by atoms with Gasteiger partial charge in [0.1, 0.15) is 5.75 Å². The molecule has 4 heteroatoms. The first-order valence-corrected chi connectivity index (χ1v) is 6.33. The molecule has 3 nitrogen and oxygen atoms in total. The molecule has 0 spiro atoms. The van der Waals surface area contributed by atoms with Crippen LogP contribution in [0.25, 0.3) is 0 Å². The van der Waals surface area contributed by atoms with E-state index in [1.807, 2.05) is 12.1 Å². The molecule has 0 saturated carbocycles. The molecule has 0 saturated heterocycles. The van der Waals surface area contributed by atoms with Crippen LogP contribution in [-0.4, -0.2) is 19.1 Å². The lowest BCUT2D eigenvalue weighted by atomic mass is 9.92. The second kappa shape index (κ2) is 5.31. The highest BCUT2D eigenvalue weighted by Crippen LogP contribution is 2.37.